The summed E-state index contributed by atoms with van der Waals surface area (Å²) in [6.45, 7) is 0. The van der Waals surface area contributed by atoms with E-state index in [-0.39, 0.29) is 0 Å². The van der Waals surface area contributed by atoms with E-state index in [0.717, 1.165) is 0 Å². The van der Waals surface area contributed by atoms with E-state index in [2.05, 4.69) is 0 Å². The molecule has 48 valence electrons. The Labute approximate surface area is 50.0 Å². The molecule has 0 atom stereocenters. The molecule has 0 spiro atoms. The summed E-state index contributed by atoms with van der Waals surface area (Å²) >= 11 is 0. The van der Waals surface area contributed by atoms with Crippen LogP contribution in [0.4, 0.5) is 0 Å². The molecule has 0 radical (unpaired) electrons. The van der Waals surface area contributed by atoms with E-state index in [0.29, 0.717) is 18.2 Å². The number of carbonyl (C=O) groups excluding carboxylic acids is 3. The maximum Gasteiger partial charge on any atom is -0.0159 e. The second-order valence-electron chi connectivity index (χ2n) is 0.274. The average Bonchev–Trinajstić information content (AvgIpc) is 1.70. The third-order valence-corrected chi connectivity index (χ3v) is 0. The number of isocyanates is 3. The fourth-order valence-corrected chi connectivity index (χ4v) is 0. The van der Waals surface area contributed by atoms with Crippen LogP contribution in [0.3, 0.4) is 0 Å². The van der Waals surface area contributed by atoms with Crippen molar-refractivity contribution in [2.24, 2.45) is 0 Å². The Morgan fingerprint density at radius 2 is 0.667 bits per heavy atom. The first kappa shape index (κ1) is 15.7. The third kappa shape index (κ3) is 30.4. The Morgan fingerprint density at radius 1 is 0.667 bits per heavy atom. The van der Waals surface area contributed by atoms with E-state index < -0.39 is 0 Å². The molecule has 0 amide bonds. The first-order chi connectivity index (χ1) is 4.24. The average molecular weight is 126 g/mol. The number of hydrogen-bond donors (Lipinski definition) is 0. The van der Waals surface area contributed by atoms with Crippen LogP contribution in [-0.2, 0) is 14.4 Å². The molecular weight excluding hydrogens is 126 g/mol. The molecule has 0 aromatic heterocycles. The summed E-state index contributed by atoms with van der Waals surface area (Å²) in [7, 11) is 0. The summed E-state index contributed by atoms with van der Waals surface area (Å²) in [6.07, 6.45) is 1.50. The predicted molar refractivity (Wildman–Crippen MR) is 27.2 cm³/mol. The topological polar surface area (TPSA) is 118 Å². The van der Waals surface area contributed by atoms with Crippen molar-refractivity contribution in [2.45, 2.75) is 0 Å². The molecule has 0 aliphatic heterocycles. The van der Waals surface area contributed by atoms with Gasteiger partial charge in [-0.1, -0.05) is 0 Å². The largest absolute Gasteiger partial charge is 0.724 e. The highest BCUT2D eigenvalue weighted by Gasteiger charge is 0.796. The maximum absolute atomic E-state index is 8.24. The van der Waals surface area contributed by atoms with Gasteiger partial charge in [0, 0.05) is 0 Å². The van der Waals surface area contributed by atoms with Gasteiger partial charge in [-0.2, -0.15) is 0 Å². The number of rotatable bonds is 0. The van der Waals surface area contributed by atoms with Crippen molar-refractivity contribution in [1.82, 2.24) is 0 Å². The lowest BCUT2D eigenvalue weighted by atomic mass is 11.7. The Hall–Kier alpha value is -1.86. The zero-order chi connectivity index (χ0) is 8.12. The minimum Gasteiger partial charge on any atom is -0.724 e. The lowest BCUT2D eigenvalue weighted by Gasteiger charge is -1.32. The quantitative estimate of drug-likeness (QED) is 0.326. The number of nitrogens with zero attached hydrogens (tertiary/aromatic N) is 3. The van der Waals surface area contributed by atoms with Crippen LogP contribution in [0, 0.1) is 0 Å². The molecule has 0 N–H and O–H groups in total. The zero-order valence-corrected chi connectivity index (χ0v) is 4.07. The second kappa shape index (κ2) is 125. The molecule has 0 aliphatic carbocycles. The van der Waals surface area contributed by atoms with Crippen LogP contribution in [0.5, 0.6) is 0 Å². The molecule has 0 unspecified atom stereocenters. The van der Waals surface area contributed by atoms with Crippen molar-refractivity contribution in [1.29, 1.82) is 0 Å². The Morgan fingerprint density at radius 3 is 0.667 bits per heavy atom. The summed E-state index contributed by atoms with van der Waals surface area (Å²) < 4.78 is 0. The summed E-state index contributed by atoms with van der Waals surface area (Å²) in [5.41, 5.74) is 0. The standard InChI is InChI=1S/3CNO/c3*2-1-3/q3*-1. The van der Waals surface area contributed by atoms with Gasteiger partial charge in [-0.3, -0.25) is 14.4 Å². The number of hydrogen-bond acceptors (Lipinski definition) is 3. The summed E-state index contributed by atoms with van der Waals surface area (Å²) in [5, 5.41) is 20.3. The van der Waals surface area contributed by atoms with Crippen molar-refractivity contribution in [3.63, 3.8) is 0 Å². The van der Waals surface area contributed by atoms with Crippen LogP contribution in [0.15, 0.2) is 0 Å². The van der Waals surface area contributed by atoms with Crippen molar-refractivity contribution in [3.8, 4) is 0 Å². The van der Waals surface area contributed by atoms with Gasteiger partial charge < -0.3 is 16.2 Å². The molecule has 0 fully saturated rings. The van der Waals surface area contributed by atoms with Crippen LogP contribution >= 0.6 is 0 Å². The Bertz CT molecular complexity index is 106. The highest BCUT2D eigenvalue weighted by molar-refractivity contribution is 5.37. The molecule has 0 aromatic carbocycles. The van der Waals surface area contributed by atoms with Crippen LogP contribution in [0.1, 0.15) is 0 Å². The monoisotopic (exact) mass is 126 g/mol. The van der Waals surface area contributed by atoms with E-state index in [1.54, 1.807) is 0 Å². The Kier molecular flexibility index (Phi) is 218. The van der Waals surface area contributed by atoms with E-state index in [1.165, 1.54) is 0 Å². The van der Waals surface area contributed by atoms with Gasteiger partial charge in [-0.25, -0.2) is 0 Å². The van der Waals surface area contributed by atoms with Crippen molar-refractivity contribution >= 4 is 18.2 Å². The van der Waals surface area contributed by atoms with Gasteiger partial charge in [0.2, 0.25) is 0 Å². The van der Waals surface area contributed by atoms with Crippen molar-refractivity contribution in [2.75, 3.05) is 0 Å². The molecule has 0 bridgehead atoms. The lowest BCUT2D eigenvalue weighted by molar-refractivity contribution is 0.568. The highest BCUT2D eigenvalue weighted by Crippen LogP contribution is 0.955. The van der Waals surface area contributed by atoms with Gasteiger partial charge in [0.05, 0.1) is 0 Å². The minimum absolute atomic E-state index is 0.500. The first-order valence-corrected chi connectivity index (χ1v) is 1.28. The smallest absolute Gasteiger partial charge is 0.0159 e. The molecule has 0 rings (SSSR count). The maximum atomic E-state index is 8.24. The van der Waals surface area contributed by atoms with Crippen molar-refractivity contribution < 1.29 is 14.4 Å². The second-order valence-corrected chi connectivity index (χ2v) is 0.274. The van der Waals surface area contributed by atoms with E-state index >= 15 is 0 Å². The van der Waals surface area contributed by atoms with Gasteiger partial charge in [-0.05, 0) is 18.2 Å². The van der Waals surface area contributed by atoms with E-state index in [9.17, 15) is 0 Å². The summed E-state index contributed by atoms with van der Waals surface area (Å²) in [6, 6.07) is 0. The molecule has 0 heterocycles. The third-order valence-electron chi connectivity index (χ3n) is 0. The summed E-state index contributed by atoms with van der Waals surface area (Å²) in [4.78, 5) is 24.7. The molecule has 0 aliphatic rings. The normalized spacial score (nSPS) is 2.67. The Balaban J connectivity index is -0.0000000600. The molecule has 0 aromatic rings. The fraction of sp³-hybridized carbons (Fsp3) is 0. The highest BCUT2D eigenvalue weighted by atomic mass is 16.1. The molecule has 0 saturated carbocycles. The molecule has 0 saturated heterocycles. The zero-order valence-electron chi connectivity index (χ0n) is 4.07. The summed E-state index contributed by atoms with van der Waals surface area (Å²) in [5.74, 6) is 0. The van der Waals surface area contributed by atoms with Crippen LogP contribution in [-0.4, -0.2) is 18.2 Å². The van der Waals surface area contributed by atoms with Gasteiger partial charge in [0.25, 0.3) is 0 Å². The lowest BCUT2D eigenvalue weighted by Crippen LogP contribution is -1.13. The van der Waals surface area contributed by atoms with Crippen LogP contribution in [0.2, 0.25) is 0 Å². The first-order valence-electron chi connectivity index (χ1n) is 1.28. The van der Waals surface area contributed by atoms with Crippen molar-refractivity contribution in [3.05, 3.63) is 16.2 Å². The van der Waals surface area contributed by atoms with Gasteiger partial charge in [0.1, 0.15) is 0 Å². The molecule has 6 nitrogen and oxygen atoms in total. The fourth-order valence-electron chi connectivity index (χ4n) is 0. The van der Waals surface area contributed by atoms with E-state index in [1.807, 2.05) is 0 Å². The van der Waals surface area contributed by atoms with Gasteiger partial charge >= 0.3 is 0 Å². The molecule has 6 heteroatoms. The van der Waals surface area contributed by atoms with Crippen LogP contribution < -0.4 is 0 Å². The molecular formula is C3N3O3-3. The van der Waals surface area contributed by atoms with Crippen LogP contribution in [0.25, 0.3) is 16.2 Å². The predicted octanol–water partition coefficient (Wildman–Crippen LogP) is -0.325. The van der Waals surface area contributed by atoms with Gasteiger partial charge in [-0.15, -0.1) is 0 Å². The minimum atomic E-state index is 0.500. The SMILES string of the molecule is [N-]=C=O.[N-]=C=O.[N-]=C=O. The van der Waals surface area contributed by atoms with Gasteiger partial charge in [0.15, 0.2) is 0 Å². The van der Waals surface area contributed by atoms with E-state index in [4.69, 9.17) is 30.6 Å². The molecule has 9 heavy (non-hydrogen) atoms.